The van der Waals surface area contributed by atoms with Gasteiger partial charge in [0.2, 0.25) is 5.75 Å². The van der Waals surface area contributed by atoms with Gasteiger partial charge in [-0.2, -0.15) is 0 Å². The van der Waals surface area contributed by atoms with E-state index >= 15 is 0 Å². The first-order valence-electron chi connectivity index (χ1n) is 6.69. The molecule has 1 aromatic carbocycles. The quantitative estimate of drug-likeness (QED) is 0.852. The fourth-order valence-corrected chi connectivity index (χ4v) is 2.79. The minimum absolute atomic E-state index is 0.591. The summed E-state index contributed by atoms with van der Waals surface area (Å²) >= 11 is 1.60. The molecule has 6 heteroatoms. The van der Waals surface area contributed by atoms with Crippen LogP contribution in [0.4, 0.5) is 0 Å². The van der Waals surface area contributed by atoms with Crippen LogP contribution < -0.4 is 19.5 Å². The van der Waals surface area contributed by atoms with Crippen molar-refractivity contribution in [1.82, 2.24) is 10.3 Å². The first-order chi connectivity index (χ1) is 10.2. The van der Waals surface area contributed by atoms with Crippen LogP contribution in [0.2, 0.25) is 0 Å². The first kappa shape index (κ1) is 15.6. The molecule has 1 N–H and O–H groups in total. The maximum atomic E-state index is 5.37. The van der Waals surface area contributed by atoms with E-state index < -0.39 is 0 Å². The van der Waals surface area contributed by atoms with Crippen LogP contribution in [0.15, 0.2) is 17.5 Å². The number of nitrogens with zero attached hydrogens (tertiary/aromatic N) is 1. The smallest absolute Gasteiger partial charge is 0.203 e. The molecule has 0 aliphatic rings. The van der Waals surface area contributed by atoms with Crippen molar-refractivity contribution >= 4 is 11.3 Å². The second-order valence-electron chi connectivity index (χ2n) is 4.34. The van der Waals surface area contributed by atoms with Gasteiger partial charge in [0.25, 0.3) is 0 Å². The Morgan fingerprint density at radius 3 is 2.29 bits per heavy atom. The van der Waals surface area contributed by atoms with Gasteiger partial charge in [-0.3, -0.25) is 0 Å². The zero-order valence-electron chi connectivity index (χ0n) is 12.7. The lowest BCUT2D eigenvalue weighted by Crippen LogP contribution is -2.11. The average Bonchev–Trinajstić information content (AvgIpc) is 3.00. The molecule has 2 rings (SSSR count). The van der Waals surface area contributed by atoms with Crippen molar-refractivity contribution < 1.29 is 14.2 Å². The van der Waals surface area contributed by atoms with Crippen molar-refractivity contribution in [3.8, 4) is 27.8 Å². The summed E-state index contributed by atoms with van der Waals surface area (Å²) in [5, 5.41) is 6.26. The van der Waals surface area contributed by atoms with Crippen molar-refractivity contribution in [2.45, 2.75) is 13.5 Å². The Hall–Kier alpha value is -1.79. The maximum Gasteiger partial charge on any atom is 0.203 e. The molecule has 0 aliphatic carbocycles. The van der Waals surface area contributed by atoms with Gasteiger partial charge in [-0.25, -0.2) is 4.98 Å². The zero-order valence-corrected chi connectivity index (χ0v) is 13.5. The van der Waals surface area contributed by atoms with E-state index in [4.69, 9.17) is 14.2 Å². The number of benzene rings is 1. The van der Waals surface area contributed by atoms with E-state index in [0.717, 1.165) is 29.4 Å². The molecule has 0 fully saturated rings. The average molecular weight is 308 g/mol. The summed E-state index contributed by atoms with van der Waals surface area (Å²) in [7, 11) is 4.82. The van der Waals surface area contributed by atoms with Gasteiger partial charge >= 0.3 is 0 Å². The summed E-state index contributed by atoms with van der Waals surface area (Å²) in [5.74, 6) is 1.86. The standard InChI is InChI=1S/C15H20N2O3S/c1-5-16-8-11-9-21-15(17-11)10-6-12(18-2)14(20-4)13(7-10)19-3/h6-7,9,16H,5,8H2,1-4H3. The van der Waals surface area contributed by atoms with Gasteiger partial charge < -0.3 is 19.5 Å². The topological polar surface area (TPSA) is 52.6 Å². The number of thiazole rings is 1. The van der Waals surface area contributed by atoms with Crippen LogP contribution in [0.25, 0.3) is 10.6 Å². The summed E-state index contributed by atoms with van der Waals surface area (Å²) in [6, 6.07) is 3.83. The largest absolute Gasteiger partial charge is 0.493 e. The number of hydrogen-bond acceptors (Lipinski definition) is 6. The molecule has 0 saturated carbocycles. The van der Waals surface area contributed by atoms with Crippen LogP contribution in [0.3, 0.4) is 0 Å². The van der Waals surface area contributed by atoms with E-state index in [9.17, 15) is 0 Å². The van der Waals surface area contributed by atoms with Crippen LogP contribution in [0, 0.1) is 0 Å². The lowest BCUT2D eigenvalue weighted by molar-refractivity contribution is 0.324. The van der Waals surface area contributed by atoms with Crippen LogP contribution in [0.1, 0.15) is 12.6 Å². The normalized spacial score (nSPS) is 10.5. The highest BCUT2D eigenvalue weighted by molar-refractivity contribution is 7.13. The number of hydrogen-bond donors (Lipinski definition) is 1. The molecule has 5 nitrogen and oxygen atoms in total. The Balaban J connectivity index is 2.37. The minimum atomic E-state index is 0.591. The lowest BCUT2D eigenvalue weighted by Gasteiger charge is -2.13. The molecule has 0 saturated heterocycles. The fourth-order valence-electron chi connectivity index (χ4n) is 1.98. The molecule has 1 aromatic heterocycles. The summed E-state index contributed by atoms with van der Waals surface area (Å²) in [5.41, 5.74) is 1.99. The second kappa shape index (κ2) is 7.28. The monoisotopic (exact) mass is 308 g/mol. The predicted molar refractivity (Wildman–Crippen MR) is 84.6 cm³/mol. The summed E-state index contributed by atoms with van der Waals surface area (Å²) in [4.78, 5) is 4.63. The number of ether oxygens (including phenoxy) is 3. The SMILES string of the molecule is CCNCc1csc(-c2cc(OC)c(OC)c(OC)c2)n1. The molecule has 0 atom stereocenters. The Morgan fingerprint density at radius 2 is 1.76 bits per heavy atom. The van der Waals surface area contributed by atoms with E-state index in [2.05, 4.69) is 22.6 Å². The second-order valence-corrected chi connectivity index (χ2v) is 5.20. The van der Waals surface area contributed by atoms with Gasteiger partial charge in [0.1, 0.15) is 5.01 Å². The van der Waals surface area contributed by atoms with Crippen LogP contribution in [0.5, 0.6) is 17.2 Å². The molecule has 0 amide bonds. The van der Waals surface area contributed by atoms with E-state index in [1.807, 2.05) is 12.1 Å². The van der Waals surface area contributed by atoms with E-state index in [1.165, 1.54) is 0 Å². The molecular formula is C15H20N2O3S. The molecule has 0 spiro atoms. The number of aromatic nitrogens is 1. The molecule has 21 heavy (non-hydrogen) atoms. The van der Waals surface area contributed by atoms with Gasteiger partial charge in [0, 0.05) is 17.5 Å². The van der Waals surface area contributed by atoms with E-state index in [1.54, 1.807) is 32.7 Å². The molecule has 2 aromatic rings. The maximum absolute atomic E-state index is 5.37. The Morgan fingerprint density at radius 1 is 1.10 bits per heavy atom. The molecule has 0 unspecified atom stereocenters. The van der Waals surface area contributed by atoms with Gasteiger partial charge in [-0.05, 0) is 18.7 Å². The van der Waals surface area contributed by atoms with E-state index in [-0.39, 0.29) is 0 Å². The number of methoxy groups -OCH3 is 3. The van der Waals surface area contributed by atoms with Gasteiger partial charge in [-0.15, -0.1) is 11.3 Å². The Kier molecular flexibility index (Phi) is 5.41. The highest BCUT2D eigenvalue weighted by Crippen LogP contribution is 2.41. The van der Waals surface area contributed by atoms with Crippen LogP contribution >= 0.6 is 11.3 Å². The van der Waals surface area contributed by atoms with Gasteiger partial charge in [-0.1, -0.05) is 6.92 Å². The third-order valence-electron chi connectivity index (χ3n) is 3.02. The third-order valence-corrected chi connectivity index (χ3v) is 3.96. The third kappa shape index (κ3) is 3.46. The fraction of sp³-hybridized carbons (Fsp3) is 0.400. The van der Waals surface area contributed by atoms with Crippen molar-refractivity contribution in [2.75, 3.05) is 27.9 Å². The zero-order chi connectivity index (χ0) is 15.2. The molecular weight excluding hydrogens is 288 g/mol. The molecule has 1 heterocycles. The Labute approximate surface area is 128 Å². The van der Waals surface area contributed by atoms with Crippen molar-refractivity contribution in [3.05, 3.63) is 23.2 Å². The number of rotatable bonds is 7. The lowest BCUT2D eigenvalue weighted by atomic mass is 10.2. The number of nitrogens with one attached hydrogen (secondary N) is 1. The summed E-state index contributed by atoms with van der Waals surface area (Å²) in [6.07, 6.45) is 0. The first-order valence-corrected chi connectivity index (χ1v) is 7.56. The van der Waals surface area contributed by atoms with Crippen molar-refractivity contribution in [2.24, 2.45) is 0 Å². The van der Waals surface area contributed by atoms with E-state index in [0.29, 0.717) is 17.2 Å². The van der Waals surface area contributed by atoms with Crippen molar-refractivity contribution in [1.29, 1.82) is 0 Å². The van der Waals surface area contributed by atoms with Gasteiger partial charge in [0.15, 0.2) is 11.5 Å². The summed E-state index contributed by atoms with van der Waals surface area (Å²) in [6.45, 7) is 3.78. The molecule has 0 radical (unpaired) electrons. The highest BCUT2D eigenvalue weighted by atomic mass is 32.1. The van der Waals surface area contributed by atoms with Crippen LogP contribution in [-0.4, -0.2) is 32.9 Å². The minimum Gasteiger partial charge on any atom is -0.493 e. The molecule has 114 valence electrons. The summed E-state index contributed by atoms with van der Waals surface area (Å²) < 4.78 is 16.1. The van der Waals surface area contributed by atoms with Crippen molar-refractivity contribution in [3.63, 3.8) is 0 Å². The molecule has 0 bridgehead atoms. The Bertz CT molecular complexity index is 573. The molecule has 0 aliphatic heterocycles. The predicted octanol–water partition coefficient (Wildman–Crippen LogP) is 2.95. The van der Waals surface area contributed by atoms with Gasteiger partial charge in [0.05, 0.1) is 27.0 Å². The van der Waals surface area contributed by atoms with Crippen LogP contribution in [-0.2, 0) is 6.54 Å². The highest BCUT2D eigenvalue weighted by Gasteiger charge is 2.15.